The summed E-state index contributed by atoms with van der Waals surface area (Å²) < 4.78 is 4.62. The monoisotopic (exact) mass is 235 g/mol. The molecule has 88 valence electrons. The molecule has 2 N–H and O–H groups in total. The topological polar surface area (TPSA) is 75.6 Å². The highest BCUT2D eigenvalue weighted by Gasteiger charge is 2.04. The van der Waals surface area contributed by atoms with Gasteiger partial charge in [0.2, 0.25) is 5.91 Å². The Balaban J connectivity index is 3.37. The van der Waals surface area contributed by atoms with Gasteiger partial charge in [0, 0.05) is 11.8 Å². The van der Waals surface area contributed by atoms with Gasteiger partial charge in [-0.2, -0.15) is 11.8 Å². The van der Waals surface area contributed by atoms with Crippen LogP contribution in [0.5, 0.6) is 0 Å². The summed E-state index contributed by atoms with van der Waals surface area (Å²) in [5.74, 6) is -1.34. The first-order chi connectivity index (χ1) is 7.06. The van der Waals surface area contributed by atoms with Crippen molar-refractivity contribution in [2.75, 3.05) is 26.0 Å². The lowest BCUT2D eigenvalue weighted by Crippen LogP contribution is -2.30. The van der Waals surface area contributed by atoms with Crippen LogP contribution in [-0.4, -0.2) is 48.2 Å². The van der Waals surface area contributed by atoms with Crippen molar-refractivity contribution in [1.82, 2.24) is 5.32 Å². The van der Waals surface area contributed by atoms with Gasteiger partial charge in [-0.15, -0.1) is 0 Å². The number of nitrogens with one attached hydrogen (secondary N) is 1. The Morgan fingerprint density at radius 2 is 2.13 bits per heavy atom. The van der Waals surface area contributed by atoms with Crippen LogP contribution in [0.3, 0.4) is 0 Å². The van der Waals surface area contributed by atoms with E-state index >= 15 is 0 Å². The molecule has 5 nitrogen and oxygen atoms in total. The lowest BCUT2D eigenvalue weighted by molar-refractivity contribution is -0.143. The van der Waals surface area contributed by atoms with Crippen molar-refractivity contribution < 1.29 is 19.4 Å². The maximum Gasteiger partial charge on any atom is 0.329 e. The number of hydrogen-bond donors (Lipinski definition) is 2. The van der Waals surface area contributed by atoms with Crippen molar-refractivity contribution in [3.8, 4) is 0 Å². The minimum absolute atomic E-state index is 0.194. The molecule has 0 bridgehead atoms. The molecule has 0 aliphatic carbocycles. The van der Waals surface area contributed by atoms with Crippen LogP contribution >= 0.6 is 11.8 Å². The van der Waals surface area contributed by atoms with E-state index in [9.17, 15) is 9.59 Å². The maximum absolute atomic E-state index is 11.1. The van der Waals surface area contributed by atoms with E-state index in [2.05, 4.69) is 17.0 Å². The SMILES string of the molecule is CSC(C)CCNC(=O)COCC(=O)O. The Morgan fingerprint density at radius 3 is 2.67 bits per heavy atom. The van der Waals surface area contributed by atoms with Crippen molar-refractivity contribution in [3.05, 3.63) is 0 Å². The smallest absolute Gasteiger partial charge is 0.329 e. The number of thioether (sulfide) groups is 1. The summed E-state index contributed by atoms with van der Waals surface area (Å²) in [5, 5.41) is 11.4. The maximum atomic E-state index is 11.1. The van der Waals surface area contributed by atoms with Crippen LogP contribution in [0.15, 0.2) is 0 Å². The third kappa shape index (κ3) is 9.55. The highest BCUT2D eigenvalue weighted by molar-refractivity contribution is 7.99. The second-order valence-corrected chi connectivity index (χ2v) is 4.35. The van der Waals surface area contributed by atoms with Crippen molar-refractivity contribution in [3.63, 3.8) is 0 Å². The van der Waals surface area contributed by atoms with Gasteiger partial charge in [-0.25, -0.2) is 4.79 Å². The Labute approximate surface area is 93.6 Å². The van der Waals surface area contributed by atoms with Gasteiger partial charge in [0.15, 0.2) is 0 Å². The van der Waals surface area contributed by atoms with E-state index < -0.39 is 12.6 Å². The molecular weight excluding hydrogens is 218 g/mol. The number of carbonyl (C=O) groups is 2. The van der Waals surface area contributed by atoms with Crippen LogP contribution in [0.1, 0.15) is 13.3 Å². The Kier molecular flexibility index (Phi) is 8.12. The molecule has 1 amide bonds. The van der Waals surface area contributed by atoms with E-state index in [1.54, 1.807) is 11.8 Å². The molecule has 0 spiro atoms. The minimum atomic E-state index is -1.07. The Bertz CT molecular complexity index is 210. The van der Waals surface area contributed by atoms with Gasteiger partial charge in [0.25, 0.3) is 0 Å². The number of hydrogen-bond acceptors (Lipinski definition) is 4. The minimum Gasteiger partial charge on any atom is -0.480 e. The molecule has 0 aliphatic rings. The number of aliphatic carboxylic acids is 1. The van der Waals surface area contributed by atoms with Gasteiger partial charge in [-0.3, -0.25) is 4.79 Å². The van der Waals surface area contributed by atoms with Crippen LogP contribution in [0.4, 0.5) is 0 Å². The van der Waals surface area contributed by atoms with Gasteiger partial charge in [-0.1, -0.05) is 6.92 Å². The van der Waals surface area contributed by atoms with Gasteiger partial charge in [0.05, 0.1) is 0 Å². The number of carboxylic acids is 1. The fraction of sp³-hybridized carbons (Fsp3) is 0.778. The zero-order valence-electron chi connectivity index (χ0n) is 8.99. The molecule has 0 fully saturated rings. The third-order valence-corrected chi connectivity index (χ3v) is 2.77. The second kappa shape index (κ2) is 8.55. The van der Waals surface area contributed by atoms with Crippen LogP contribution in [0.2, 0.25) is 0 Å². The molecule has 0 aliphatic heterocycles. The highest BCUT2D eigenvalue weighted by Crippen LogP contribution is 2.07. The van der Waals surface area contributed by atoms with E-state index in [-0.39, 0.29) is 12.5 Å². The number of carboxylic acid groups (broad SMARTS) is 1. The molecule has 1 unspecified atom stereocenters. The molecule has 6 heteroatoms. The van der Waals surface area contributed by atoms with E-state index in [1.165, 1.54) is 0 Å². The van der Waals surface area contributed by atoms with Crippen LogP contribution in [0.25, 0.3) is 0 Å². The zero-order chi connectivity index (χ0) is 11.7. The zero-order valence-corrected chi connectivity index (χ0v) is 9.80. The molecule has 0 radical (unpaired) electrons. The molecule has 0 rings (SSSR count). The number of amides is 1. The summed E-state index contributed by atoms with van der Waals surface area (Å²) >= 11 is 1.74. The van der Waals surface area contributed by atoms with Crippen LogP contribution in [-0.2, 0) is 14.3 Å². The molecule has 0 aromatic rings. The van der Waals surface area contributed by atoms with Gasteiger partial charge < -0.3 is 15.2 Å². The summed E-state index contributed by atoms with van der Waals surface area (Å²) in [7, 11) is 0. The Morgan fingerprint density at radius 1 is 1.47 bits per heavy atom. The molecular formula is C9H17NO4S. The molecule has 15 heavy (non-hydrogen) atoms. The number of carbonyl (C=O) groups excluding carboxylic acids is 1. The summed E-state index contributed by atoms with van der Waals surface area (Å²) in [6.45, 7) is 2.05. The summed E-state index contributed by atoms with van der Waals surface area (Å²) in [4.78, 5) is 21.1. The van der Waals surface area contributed by atoms with Gasteiger partial charge >= 0.3 is 5.97 Å². The number of rotatable bonds is 8. The molecule has 0 aromatic heterocycles. The van der Waals surface area contributed by atoms with Crippen LogP contribution < -0.4 is 5.32 Å². The predicted octanol–water partition coefficient (Wildman–Crippen LogP) is 0.345. The molecule has 1 atom stereocenters. The molecule has 0 saturated carbocycles. The fourth-order valence-corrected chi connectivity index (χ4v) is 1.17. The lowest BCUT2D eigenvalue weighted by atomic mass is 10.3. The van der Waals surface area contributed by atoms with Crippen molar-refractivity contribution in [2.45, 2.75) is 18.6 Å². The van der Waals surface area contributed by atoms with Crippen molar-refractivity contribution in [1.29, 1.82) is 0 Å². The van der Waals surface area contributed by atoms with Crippen molar-refractivity contribution >= 4 is 23.6 Å². The summed E-state index contributed by atoms with van der Waals surface area (Å²) in [6, 6.07) is 0. The fourth-order valence-electron chi connectivity index (χ4n) is 0.815. The number of ether oxygens (including phenoxy) is 1. The summed E-state index contributed by atoms with van der Waals surface area (Å²) in [5.41, 5.74) is 0. The van der Waals surface area contributed by atoms with Gasteiger partial charge in [0.1, 0.15) is 13.2 Å². The first-order valence-electron chi connectivity index (χ1n) is 4.65. The first kappa shape index (κ1) is 14.2. The quantitative estimate of drug-likeness (QED) is 0.634. The van der Waals surface area contributed by atoms with Crippen LogP contribution in [0, 0.1) is 0 Å². The normalized spacial score (nSPS) is 12.1. The standard InChI is InChI=1S/C9H17NO4S/c1-7(15-2)3-4-10-8(11)5-14-6-9(12)13/h7H,3-6H2,1-2H3,(H,10,11)(H,12,13). The van der Waals surface area contributed by atoms with Crippen molar-refractivity contribution in [2.24, 2.45) is 0 Å². The summed E-state index contributed by atoms with van der Waals surface area (Å²) in [6.07, 6.45) is 2.91. The van der Waals surface area contributed by atoms with E-state index in [1.807, 2.05) is 6.26 Å². The predicted molar refractivity (Wildman–Crippen MR) is 59.1 cm³/mol. The van der Waals surface area contributed by atoms with E-state index in [0.717, 1.165) is 6.42 Å². The molecule has 0 saturated heterocycles. The largest absolute Gasteiger partial charge is 0.480 e. The Hall–Kier alpha value is -0.750. The first-order valence-corrected chi connectivity index (χ1v) is 5.94. The molecule has 0 heterocycles. The van der Waals surface area contributed by atoms with E-state index in [4.69, 9.17) is 5.11 Å². The highest BCUT2D eigenvalue weighted by atomic mass is 32.2. The average molecular weight is 235 g/mol. The third-order valence-electron chi connectivity index (χ3n) is 1.73. The van der Waals surface area contributed by atoms with Gasteiger partial charge in [-0.05, 0) is 12.7 Å². The lowest BCUT2D eigenvalue weighted by Gasteiger charge is -2.08. The van der Waals surface area contributed by atoms with E-state index in [0.29, 0.717) is 11.8 Å². The molecule has 0 aromatic carbocycles. The average Bonchev–Trinajstić information content (AvgIpc) is 2.17. The second-order valence-electron chi connectivity index (χ2n) is 3.07.